The van der Waals surface area contributed by atoms with Crippen LogP contribution < -0.4 is 0 Å². The molecule has 0 aromatic heterocycles. The smallest absolute Gasteiger partial charge is 0.360 e. The summed E-state index contributed by atoms with van der Waals surface area (Å²) in [6.45, 7) is 14.0. The Morgan fingerprint density at radius 2 is 1.74 bits per heavy atom. The van der Waals surface area contributed by atoms with Crippen molar-refractivity contribution in [1.82, 2.24) is 0 Å². The van der Waals surface area contributed by atoms with E-state index in [1.807, 2.05) is 40.0 Å². The van der Waals surface area contributed by atoms with Crippen molar-refractivity contribution in [2.24, 2.45) is 0 Å². The molecule has 2 atom stereocenters. The Labute approximate surface area is 151 Å². The van der Waals surface area contributed by atoms with Crippen LogP contribution in [0.2, 0.25) is 19.6 Å². The maximum atomic E-state index is 13.9. The van der Waals surface area contributed by atoms with Crippen LogP contribution in [0.5, 0.6) is 0 Å². The second-order valence-electron chi connectivity index (χ2n) is 7.03. The zero-order chi connectivity index (χ0) is 17.9. The maximum Gasteiger partial charge on any atom is 0.360 e. The van der Waals surface area contributed by atoms with Gasteiger partial charge in [-0.1, -0.05) is 12.2 Å². The molecule has 0 saturated carbocycles. The average Bonchev–Trinajstić information content (AvgIpc) is 2.35. The summed E-state index contributed by atoms with van der Waals surface area (Å²) in [5.41, 5.74) is 0. The standard InChI is InChI=1S/C15H31O4PS2Si/c1-12(2)17-20(16,18-13(3)4)15(21-5)14(10-9-11-22-15)19-23(6,7)8/h9-10,12-14H,11H2,1-8H3. The van der Waals surface area contributed by atoms with E-state index in [9.17, 15) is 4.57 Å². The fourth-order valence-corrected chi connectivity index (χ4v) is 9.52. The second-order valence-corrected chi connectivity index (χ2v) is 16.8. The van der Waals surface area contributed by atoms with Gasteiger partial charge in [0.25, 0.3) is 0 Å². The minimum absolute atomic E-state index is 0.178. The highest BCUT2D eigenvalue weighted by molar-refractivity contribution is 8.25. The molecule has 0 aromatic carbocycles. The van der Waals surface area contributed by atoms with E-state index in [2.05, 4.69) is 25.7 Å². The Morgan fingerprint density at radius 3 is 2.13 bits per heavy atom. The van der Waals surface area contributed by atoms with Gasteiger partial charge in [-0.25, -0.2) is 0 Å². The largest absolute Gasteiger partial charge is 0.408 e. The quantitative estimate of drug-likeness (QED) is 0.303. The van der Waals surface area contributed by atoms with Crippen molar-refractivity contribution in [3.63, 3.8) is 0 Å². The molecule has 136 valence electrons. The first-order chi connectivity index (χ1) is 10.5. The number of hydrogen-bond donors (Lipinski definition) is 0. The Bertz CT molecular complexity index is 451. The van der Waals surface area contributed by atoms with Crippen LogP contribution in [-0.4, -0.2) is 42.5 Å². The monoisotopic (exact) mass is 398 g/mol. The SMILES string of the molecule is CSC1(P(=O)(OC(C)C)OC(C)C)SCC=CC1O[Si](C)(C)C. The van der Waals surface area contributed by atoms with E-state index in [-0.39, 0.29) is 18.3 Å². The topological polar surface area (TPSA) is 44.8 Å². The van der Waals surface area contributed by atoms with Gasteiger partial charge >= 0.3 is 7.60 Å². The van der Waals surface area contributed by atoms with Crippen molar-refractivity contribution in [2.75, 3.05) is 12.0 Å². The molecule has 0 aliphatic carbocycles. The third-order valence-corrected chi connectivity index (χ3v) is 11.2. The molecule has 0 saturated heterocycles. The van der Waals surface area contributed by atoms with Gasteiger partial charge in [0, 0.05) is 5.75 Å². The summed E-state index contributed by atoms with van der Waals surface area (Å²) in [6.07, 6.45) is 5.44. The maximum absolute atomic E-state index is 13.9. The first kappa shape index (κ1) is 21.8. The zero-order valence-corrected chi connectivity index (χ0v) is 19.0. The summed E-state index contributed by atoms with van der Waals surface area (Å²) in [5, 5.41) is 0. The molecule has 23 heavy (non-hydrogen) atoms. The van der Waals surface area contributed by atoms with Crippen LogP contribution in [0.3, 0.4) is 0 Å². The summed E-state index contributed by atoms with van der Waals surface area (Å²) < 4.78 is 31.3. The lowest BCUT2D eigenvalue weighted by Crippen LogP contribution is -2.45. The molecule has 1 heterocycles. The highest BCUT2D eigenvalue weighted by atomic mass is 32.2. The molecule has 0 amide bonds. The van der Waals surface area contributed by atoms with E-state index in [4.69, 9.17) is 13.5 Å². The van der Waals surface area contributed by atoms with Crippen LogP contribution in [0, 0.1) is 0 Å². The van der Waals surface area contributed by atoms with Gasteiger partial charge in [-0.3, -0.25) is 4.57 Å². The van der Waals surface area contributed by atoms with Gasteiger partial charge in [-0.2, -0.15) is 0 Å². The molecule has 1 rings (SSSR count). The molecule has 0 bridgehead atoms. The van der Waals surface area contributed by atoms with E-state index >= 15 is 0 Å². The highest BCUT2D eigenvalue weighted by Gasteiger charge is 2.59. The van der Waals surface area contributed by atoms with Gasteiger partial charge in [-0.15, -0.1) is 23.5 Å². The predicted molar refractivity (Wildman–Crippen MR) is 106 cm³/mol. The molecule has 0 spiro atoms. The normalized spacial score (nSPS) is 26.3. The van der Waals surface area contributed by atoms with Crippen LogP contribution in [0.4, 0.5) is 0 Å². The molecule has 8 heteroatoms. The van der Waals surface area contributed by atoms with Gasteiger partial charge in [-0.05, 0) is 53.6 Å². The minimum atomic E-state index is -3.41. The van der Waals surface area contributed by atoms with Crippen molar-refractivity contribution in [1.29, 1.82) is 0 Å². The molecule has 0 radical (unpaired) electrons. The molecule has 1 aliphatic rings. The van der Waals surface area contributed by atoms with Gasteiger partial charge < -0.3 is 13.5 Å². The van der Waals surface area contributed by atoms with E-state index in [0.29, 0.717) is 0 Å². The third-order valence-electron chi connectivity index (χ3n) is 2.91. The molecule has 0 N–H and O–H groups in total. The fourth-order valence-electron chi connectivity index (χ4n) is 2.29. The first-order valence-corrected chi connectivity index (χ1v) is 15.1. The van der Waals surface area contributed by atoms with Crippen LogP contribution in [0.1, 0.15) is 27.7 Å². The minimum Gasteiger partial charge on any atom is -0.408 e. The van der Waals surface area contributed by atoms with Gasteiger partial charge in [0.2, 0.25) is 0 Å². The van der Waals surface area contributed by atoms with Crippen molar-refractivity contribution in [3.8, 4) is 0 Å². The van der Waals surface area contributed by atoms with Crippen molar-refractivity contribution >= 4 is 39.4 Å². The lowest BCUT2D eigenvalue weighted by molar-refractivity contribution is 0.128. The Balaban J connectivity index is 3.33. The summed E-state index contributed by atoms with van der Waals surface area (Å²) in [5.74, 6) is 0.777. The van der Waals surface area contributed by atoms with Gasteiger partial charge in [0.05, 0.1) is 18.3 Å². The molecular formula is C15H31O4PS2Si. The average molecular weight is 399 g/mol. The number of rotatable bonds is 8. The highest BCUT2D eigenvalue weighted by Crippen LogP contribution is 2.73. The predicted octanol–water partition coefficient (Wildman–Crippen LogP) is 5.57. The molecule has 2 unspecified atom stereocenters. The summed E-state index contributed by atoms with van der Waals surface area (Å²) in [4.78, 5) is 0. The molecule has 1 aliphatic heterocycles. The van der Waals surface area contributed by atoms with Crippen LogP contribution in [0.15, 0.2) is 12.2 Å². The summed E-state index contributed by atoms with van der Waals surface area (Å²) >= 11 is 3.14. The van der Waals surface area contributed by atoms with Gasteiger partial charge in [0.15, 0.2) is 12.1 Å². The van der Waals surface area contributed by atoms with E-state index in [0.717, 1.165) is 5.75 Å². The Kier molecular flexibility index (Phi) is 8.00. The Morgan fingerprint density at radius 1 is 1.22 bits per heavy atom. The van der Waals surface area contributed by atoms with Gasteiger partial charge in [0.1, 0.15) is 0 Å². The van der Waals surface area contributed by atoms with Crippen LogP contribution in [-0.2, 0) is 18.0 Å². The van der Waals surface area contributed by atoms with Crippen molar-refractivity contribution in [3.05, 3.63) is 12.2 Å². The van der Waals surface area contributed by atoms with E-state index in [1.54, 1.807) is 11.8 Å². The molecule has 0 fully saturated rings. The lowest BCUT2D eigenvalue weighted by Gasteiger charge is -2.45. The fraction of sp³-hybridized carbons (Fsp3) is 0.867. The second kappa shape index (κ2) is 8.43. The van der Waals surface area contributed by atoms with Crippen LogP contribution in [0.25, 0.3) is 0 Å². The Hall–Kier alpha value is 0.767. The molecule has 4 nitrogen and oxygen atoms in total. The van der Waals surface area contributed by atoms with E-state index < -0.39 is 19.7 Å². The molecular weight excluding hydrogens is 367 g/mol. The van der Waals surface area contributed by atoms with E-state index in [1.165, 1.54) is 11.8 Å². The van der Waals surface area contributed by atoms with Crippen molar-refractivity contribution in [2.45, 2.75) is 69.5 Å². The van der Waals surface area contributed by atoms with Crippen molar-refractivity contribution < 1.29 is 18.0 Å². The first-order valence-electron chi connectivity index (χ1n) is 7.96. The summed E-state index contributed by atoms with van der Waals surface area (Å²) in [6, 6.07) is 0. The third kappa shape index (κ3) is 5.63. The number of thioether (sulfide) groups is 2. The summed E-state index contributed by atoms with van der Waals surface area (Å²) in [7, 11) is -5.23. The lowest BCUT2D eigenvalue weighted by atomic mass is 10.3. The molecule has 0 aromatic rings. The number of hydrogen-bond acceptors (Lipinski definition) is 6. The van der Waals surface area contributed by atoms with Crippen LogP contribution >= 0.6 is 31.1 Å². The zero-order valence-electron chi connectivity index (χ0n) is 15.5.